The van der Waals surface area contributed by atoms with Crippen LogP contribution in [0.15, 0.2) is 29.2 Å². The van der Waals surface area contributed by atoms with Gasteiger partial charge in [-0.2, -0.15) is 0 Å². The molecule has 0 aliphatic rings. The minimum absolute atomic E-state index is 0.183. The van der Waals surface area contributed by atoms with Gasteiger partial charge in [0, 0.05) is 20.1 Å². The van der Waals surface area contributed by atoms with Gasteiger partial charge in [0.05, 0.1) is 4.90 Å². The fourth-order valence-corrected chi connectivity index (χ4v) is 2.58. The first-order chi connectivity index (χ1) is 8.89. The van der Waals surface area contributed by atoms with Crippen molar-refractivity contribution < 1.29 is 8.42 Å². The van der Waals surface area contributed by atoms with E-state index in [9.17, 15) is 8.42 Å². The number of benzene rings is 1. The second-order valence-electron chi connectivity index (χ2n) is 4.67. The number of sulfonamides is 1. The summed E-state index contributed by atoms with van der Waals surface area (Å²) >= 11 is 0. The van der Waals surface area contributed by atoms with E-state index in [1.165, 1.54) is 18.4 Å². The third-order valence-corrected chi connectivity index (χ3v) is 4.82. The Morgan fingerprint density at radius 3 is 2.32 bits per heavy atom. The number of hydrogen-bond acceptors (Lipinski definition) is 4. The van der Waals surface area contributed by atoms with E-state index < -0.39 is 10.0 Å². The highest BCUT2D eigenvalue weighted by atomic mass is 32.2. The Hall–Kier alpha value is -0.950. The smallest absolute Gasteiger partial charge is 0.242 e. The first-order valence-corrected chi connectivity index (χ1v) is 7.79. The maximum absolute atomic E-state index is 11.9. The predicted octanol–water partition coefficient (Wildman–Crippen LogP) is 0.936. The number of nitrogens with one attached hydrogen (secondary N) is 1. The van der Waals surface area contributed by atoms with Crippen molar-refractivity contribution >= 4 is 10.0 Å². The normalized spacial score (nSPS) is 13.7. The molecule has 1 aromatic rings. The molecule has 1 aromatic carbocycles. The molecule has 0 bridgehead atoms. The molecule has 0 aliphatic carbocycles. The lowest BCUT2D eigenvalue weighted by Crippen LogP contribution is -2.23. The Labute approximate surface area is 115 Å². The summed E-state index contributed by atoms with van der Waals surface area (Å²) in [5.74, 6) is 0. The lowest BCUT2D eigenvalue weighted by Gasteiger charge is -2.15. The van der Waals surface area contributed by atoms with Gasteiger partial charge in [-0.05, 0) is 44.1 Å². The molecule has 5 nitrogen and oxygen atoms in total. The highest BCUT2D eigenvalue weighted by molar-refractivity contribution is 7.89. The van der Waals surface area contributed by atoms with Crippen molar-refractivity contribution in [2.45, 2.75) is 24.3 Å². The van der Waals surface area contributed by atoms with Crippen molar-refractivity contribution in [2.75, 3.05) is 27.2 Å². The molecule has 108 valence electrons. The maximum atomic E-state index is 11.9. The zero-order chi connectivity index (χ0) is 14.5. The summed E-state index contributed by atoms with van der Waals surface area (Å²) in [5.41, 5.74) is 6.50. The van der Waals surface area contributed by atoms with Crippen LogP contribution in [-0.2, 0) is 10.0 Å². The second-order valence-corrected chi connectivity index (χ2v) is 6.83. The zero-order valence-corrected chi connectivity index (χ0v) is 12.6. The van der Waals surface area contributed by atoms with Crippen LogP contribution in [0.2, 0.25) is 0 Å². The summed E-state index contributed by atoms with van der Waals surface area (Å²) in [4.78, 5) is 0.315. The molecule has 0 radical (unpaired) electrons. The van der Waals surface area contributed by atoms with Crippen LogP contribution in [0.5, 0.6) is 0 Å². The van der Waals surface area contributed by atoms with Crippen LogP contribution < -0.4 is 11.1 Å². The molecule has 0 heterocycles. The molecule has 0 saturated heterocycles. The van der Waals surface area contributed by atoms with Gasteiger partial charge >= 0.3 is 0 Å². The lowest BCUT2D eigenvalue weighted by molar-refractivity contribution is 0.520. The van der Waals surface area contributed by atoms with Crippen LogP contribution >= 0.6 is 0 Å². The average molecular weight is 285 g/mol. The first kappa shape index (κ1) is 16.1. The number of hydrogen-bond donors (Lipinski definition) is 2. The van der Waals surface area contributed by atoms with E-state index in [0.717, 1.165) is 18.5 Å². The van der Waals surface area contributed by atoms with Crippen LogP contribution in [-0.4, -0.2) is 39.9 Å². The first-order valence-electron chi connectivity index (χ1n) is 6.35. The van der Waals surface area contributed by atoms with Gasteiger partial charge in [-0.25, -0.2) is 12.7 Å². The minimum Gasteiger partial charge on any atom is -0.330 e. The van der Waals surface area contributed by atoms with Crippen LogP contribution in [0, 0.1) is 0 Å². The molecule has 6 heteroatoms. The molecule has 3 N–H and O–H groups in total. The second kappa shape index (κ2) is 7.00. The third-order valence-electron chi connectivity index (χ3n) is 2.99. The third kappa shape index (κ3) is 4.28. The fraction of sp³-hybridized carbons (Fsp3) is 0.538. The minimum atomic E-state index is -3.34. The monoisotopic (exact) mass is 285 g/mol. The van der Waals surface area contributed by atoms with E-state index in [2.05, 4.69) is 5.32 Å². The van der Waals surface area contributed by atoms with Gasteiger partial charge in [-0.3, -0.25) is 0 Å². The topological polar surface area (TPSA) is 75.4 Å². The molecule has 0 spiro atoms. The molecular weight excluding hydrogens is 262 g/mol. The number of rotatable bonds is 7. The lowest BCUT2D eigenvalue weighted by atomic mass is 10.1. The molecule has 0 fully saturated rings. The van der Waals surface area contributed by atoms with Gasteiger partial charge in [0.15, 0.2) is 0 Å². The largest absolute Gasteiger partial charge is 0.330 e. The van der Waals surface area contributed by atoms with Gasteiger partial charge in [-0.15, -0.1) is 0 Å². The highest BCUT2D eigenvalue weighted by Crippen LogP contribution is 2.17. The van der Waals surface area contributed by atoms with E-state index in [-0.39, 0.29) is 6.04 Å². The van der Waals surface area contributed by atoms with Gasteiger partial charge < -0.3 is 11.1 Å². The summed E-state index contributed by atoms with van der Waals surface area (Å²) in [5, 5.41) is 3.34. The predicted molar refractivity (Wildman–Crippen MR) is 77.4 cm³/mol. The average Bonchev–Trinajstić information content (AvgIpc) is 2.39. The molecule has 1 atom stereocenters. The quantitative estimate of drug-likeness (QED) is 0.731. The summed E-state index contributed by atoms with van der Waals surface area (Å²) in [7, 11) is -0.288. The van der Waals surface area contributed by atoms with Gasteiger partial charge in [-0.1, -0.05) is 12.1 Å². The number of nitrogens with zero attached hydrogens (tertiary/aromatic N) is 1. The van der Waals surface area contributed by atoms with E-state index in [1.807, 2.05) is 19.1 Å². The fourth-order valence-electron chi connectivity index (χ4n) is 1.68. The molecule has 1 unspecified atom stereocenters. The summed E-state index contributed by atoms with van der Waals surface area (Å²) in [6.07, 6.45) is 0.928. The van der Waals surface area contributed by atoms with E-state index in [4.69, 9.17) is 5.73 Å². The Bertz CT molecular complexity index is 483. The Kier molecular flexibility index (Phi) is 5.93. The van der Waals surface area contributed by atoms with Crippen molar-refractivity contribution in [1.82, 2.24) is 9.62 Å². The van der Waals surface area contributed by atoms with Gasteiger partial charge in [0.25, 0.3) is 0 Å². The van der Waals surface area contributed by atoms with E-state index >= 15 is 0 Å². The summed E-state index contributed by atoms with van der Waals surface area (Å²) < 4.78 is 25.1. The van der Waals surface area contributed by atoms with Crippen LogP contribution in [0.25, 0.3) is 0 Å². The highest BCUT2D eigenvalue weighted by Gasteiger charge is 2.17. The van der Waals surface area contributed by atoms with Crippen LogP contribution in [0.4, 0.5) is 0 Å². The molecule has 0 saturated carbocycles. The van der Waals surface area contributed by atoms with Crippen molar-refractivity contribution in [2.24, 2.45) is 5.73 Å². The molecule has 0 aliphatic heterocycles. The standard InChI is InChI=1S/C13H23N3O2S/c1-11(15-10-4-9-14)12-5-7-13(8-6-12)19(17,18)16(2)3/h5-8,11,15H,4,9-10,14H2,1-3H3. The van der Waals surface area contributed by atoms with Crippen LogP contribution in [0.1, 0.15) is 24.9 Å². The number of nitrogens with two attached hydrogens (primary N) is 1. The van der Waals surface area contributed by atoms with E-state index in [1.54, 1.807) is 12.1 Å². The molecular formula is C13H23N3O2S. The van der Waals surface area contributed by atoms with Gasteiger partial charge in [0.1, 0.15) is 0 Å². The molecule has 0 aromatic heterocycles. The Balaban J connectivity index is 2.77. The maximum Gasteiger partial charge on any atom is 0.242 e. The SMILES string of the molecule is CC(NCCCN)c1ccc(S(=O)(=O)N(C)C)cc1. The Morgan fingerprint density at radius 2 is 1.84 bits per heavy atom. The summed E-state index contributed by atoms with van der Waals surface area (Å²) in [6.45, 7) is 3.57. The van der Waals surface area contributed by atoms with Crippen LogP contribution in [0.3, 0.4) is 0 Å². The summed E-state index contributed by atoms with van der Waals surface area (Å²) in [6, 6.07) is 7.16. The van der Waals surface area contributed by atoms with Crippen molar-refractivity contribution in [1.29, 1.82) is 0 Å². The van der Waals surface area contributed by atoms with Crippen molar-refractivity contribution in [3.05, 3.63) is 29.8 Å². The van der Waals surface area contributed by atoms with Gasteiger partial charge in [0.2, 0.25) is 10.0 Å². The molecule has 0 amide bonds. The molecule has 1 rings (SSSR count). The Morgan fingerprint density at radius 1 is 1.26 bits per heavy atom. The van der Waals surface area contributed by atoms with E-state index in [0.29, 0.717) is 11.4 Å². The molecule has 19 heavy (non-hydrogen) atoms. The van der Waals surface area contributed by atoms with Crippen molar-refractivity contribution in [3.8, 4) is 0 Å². The zero-order valence-electron chi connectivity index (χ0n) is 11.8. The van der Waals surface area contributed by atoms with Crippen molar-refractivity contribution in [3.63, 3.8) is 0 Å².